The number of halogens is 1. The van der Waals surface area contributed by atoms with Gasteiger partial charge in [-0.1, -0.05) is 0 Å². The van der Waals surface area contributed by atoms with Crippen molar-refractivity contribution >= 4 is 0 Å². The fourth-order valence-corrected chi connectivity index (χ4v) is 1.64. The highest BCUT2D eigenvalue weighted by Gasteiger charge is 2.28. The van der Waals surface area contributed by atoms with Crippen molar-refractivity contribution in [1.82, 2.24) is 0 Å². The largest absolute Gasteiger partial charge is 0.504 e. The van der Waals surface area contributed by atoms with Gasteiger partial charge in [0.15, 0.2) is 23.1 Å². The zero-order valence-electron chi connectivity index (χ0n) is 8.44. The van der Waals surface area contributed by atoms with Gasteiger partial charge in [-0.2, -0.15) is 0 Å². The number of hydrogen-bond donors (Lipinski definition) is 3. The molecule has 6 heteroatoms. The molecule has 0 amide bonds. The molecule has 0 radical (unpaired) electrons. The van der Waals surface area contributed by atoms with Gasteiger partial charge in [-0.05, 0) is 13.0 Å². The maximum atomic E-state index is 13.3. The molecule has 2 rings (SSSR count). The highest BCUT2D eigenvalue weighted by Crippen LogP contribution is 2.45. The highest BCUT2D eigenvalue weighted by atomic mass is 19.1. The average Bonchev–Trinajstić information content (AvgIpc) is 2.67. The molecule has 0 bridgehead atoms. The Hall–Kier alpha value is -1.53. The summed E-state index contributed by atoms with van der Waals surface area (Å²) in [7, 11) is 0. The Labute approximate surface area is 91.2 Å². The van der Waals surface area contributed by atoms with Crippen LogP contribution in [0.5, 0.6) is 17.2 Å². The molecular formula is C10H12FNO4. The predicted molar refractivity (Wildman–Crippen MR) is 52.8 cm³/mol. The fourth-order valence-electron chi connectivity index (χ4n) is 1.64. The van der Waals surface area contributed by atoms with Gasteiger partial charge in [-0.25, -0.2) is 4.39 Å². The van der Waals surface area contributed by atoms with Crippen molar-refractivity contribution in [3.05, 3.63) is 17.4 Å². The lowest BCUT2D eigenvalue weighted by molar-refractivity contribution is 0.150. The van der Waals surface area contributed by atoms with Gasteiger partial charge in [0.05, 0.1) is 11.7 Å². The minimum Gasteiger partial charge on any atom is -0.504 e. The van der Waals surface area contributed by atoms with E-state index in [0.29, 0.717) is 0 Å². The van der Waals surface area contributed by atoms with Gasteiger partial charge in [-0.15, -0.1) is 0 Å². The summed E-state index contributed by atoms with van der Waals surface area (Å²) in [6.45, 7) is 0.160. The van der Waals surface area contributed by atoms with Crippen LogP contribution in [-0.4, -0.2) is 23.6 Å². The Morgan fingerprint density at radius 1 is 1.50 bits per heavy atom. The number of benzene rings is 1. The number of nitrogens with two attached hydrogens (primary N) is 1. The van der Waals surface area contributed by atoms with E-state index in [1.54, 1.807) is 0 Å². The van der Waals surface area contributed by atoms with Gasteiger partial charge in [0.1, 0.15) is 0 Å². The number of phenolic OH excluding ortho intramolecular Hbond substituents is 1. The summed E-state index contributed by atoms with van der Waals surface area (Å²) in [6.07, 6.45) is -0.872. The van der Waals surface area contributed by atoms with Gasteiger partial charge in [0.2, 0.25) is 6.79 Å². The molecule has 1 atom stereocenters. The molecule has 0 aromatic heterocycles. The SMILES string of the molecule is NCCC(O)c1c(O)c(F)cc2c1OCO2. The molecule has 88 valence electrons. The van der Waals surface area contributed by atoms with Crippen LogP contribution in [0.3, 0.4) is 0 Å². The Morgan fingerprint density at radius 3 is 2.94 bits per heavy atom. The zero-order valence-corrected chi connectivity index (χ0v) is 8.44. The van der Waals surface area contributed by atoms with E-state index >= 15 is 0 Å². The number of hydrogen-bond acceptors (Lipinski definition) is 5. The van der Waals surface area contributed by atoms with Crippen molar-refractivity contribution in [2.45, 2.75) is 12.5 Å². The Morgan fingerprint density at radius 2 is 2.25 bits per heavy atom. The van der Waals surface area contributed by atoms with Crippen LogP contribution in [0, 0.1) is 5.82 Å². The first-order valence-corrected chi connectivity index (χ1v) is 4.84. The molecule has 16 heavy (non-hydrogen) atoms. The van der Waals surface area contributed by atoms with Crippen LogP contribution in [0.2, 0.25) is 0 Å². The number of fused-ring (bicyclic) bond motifs is 1. The molecule has 1 aliphatic heterocycles. The molecule has 1 unspecified atom stereocenters. The van der Waals surface area contributed by atoms with Gasteiger partial charge in [-0.3, -0.25) is 0 Å². The maximum absolute atomic E-state index is 13.3. The van der Waals surface area contributed by atoms with Crippen LogP contribution >= 0.6 is 0 Å². The quantitative estimate of drug-likeness (QED) is 0.708. The van der Waals surface area contributed by atoms with Crippen LogP contribution in [0.25, 0.3) is 0 Å². The second-order valence-electron chi connectivity index (χ2n) is 3.45. The van der Waals surface area contributed by atoms with Crippen molar-refractivity contribution in [1.29, 1.82) is 0 Å². The smallest absolute Gasteiger partial charge is 0.231 e. The summed E-state index contributed by atoms with van der Waals surface area (Å²) in [5.74, 6) is -1.11. The molecule has 0 spiro atoms. The van der Waals surface area contributed by atoms with Gasteiger partial charge in [0.25, 0.3) is 0 Å². The molecule has 0 fully saturated rings. The van der Waals surface area contributed by atoms with E-state index < -0.39 is 17.7 Å². The molecule has 5 nitrogen and oxygen atoms in total. The third-order valence-corrected chi connectivity index (χ3v) is 2.40. The fraction of sp³-hybridized carbons (Fsp3) is 0.400. The first-order chi connectivity index (χ1) is 7.65. The van der Waals surface area contributed by atoms with Crippen molar-refractivity contribution in [3.63, 3.8) is 0 Å². The van der Waals surface area contributed by atoms with Gasteiger partial charge >= 0.3 is 0 Å². The Bertz CT molecular complexity index is 410. The maximum Gasteiger partial charge on any atom is 0.231 e. The highest BCUT2D eigenvalue weighted by molar-refractivity contribution is 5.56. The van der Waals surface area contributed by atoms with E-state index in [4.69, 9.17) is 15.2 Å². The molecule has 0 saturated heterocycles. The second kappa shape index (κ2) is 4.15. The standard InChI is InChI=1S/C10H12FNO4/c11-5-3-7-10(16-4-15-7)8(9(5)14)6(13)1-2-12/h3,6,13-14H,1-2,4,12H2. The van der Waals surface area contributed by atoms with E-state index in [2.05, 4.69) is 0 Å². The minimum atomic E-state index is -1.07. The Kier molecular flexibility index (Phi) is 2.84. The van der Waals surface area contributed by atoms with Crippen LogP contribution in [-0.2, 0) is 0 Å². The van der Waals surface area contributed by atoms with E-state index in [1.807, 2.05) is 0 Å². The van der Waals surface area contributed by atoms with Crippen LogP contribution < -0.4 is 15.2 Å². The van der Waals surface area contributed by atoms with E-state index in [-0.39, 0.29) is 36.8 Å². The molecule has 0 saturated carbocycles. The number of aromatic hydroxyl groups is 1. The topological polar surface area (TPSA) is 84.9 Å². The molecule has 0 aliphatic carbocycles. The minimum absolute atomic E-state index is 0.00190. The summed E-state index contributed by atoms with van der Waals surface area (Å²) >= 11 is 0. The summed E-state index contributed by atoms with van der Waals surface area (Å²) in [6, 6.07) is 1.02. The molecular weight excluding hydrogens is 217 g/mol. The van der Waals surface area contributed by atoms with Crippen LogP contribution in [0.15, 0.2) is 6.07 Å². The number of phenols is 1. The number of aliphatic hydroxyl groups excluding tert-OH is 1. The van der Waals surface area contributed by atoms with Crippen molar-refractivity contribution in [3.8, 4) is 17.2 Å². The van der Waals surface area contributed by atoms with Gasteiger partial charge in [0, 0.05) is 6.07 Å². The number of rotatable bonds is 3. The van der Waals surface area contributed by atoms with Crippen molar-refractivity contribution in [2.24, 2.45) is 5.73 Å². The van der Waals surface area contributed by atoms with Crippen molar-refractivity contribution < 1.29 is 24.1 Å². The first-order valence-electron chi connectivity index (χ1n) is 4.84. The van der Waals surface area contributed by atoms with Crippen molar-refractivity contribution in [2.75, 3.05) is 13.3 Å². The van der Waals surface area contributed by atoms with E-state index in [0.717, 1.165) is 6.07 Å². The van der Waals surface area contributed by atoms with Crippen LogP contribution in [0.4, 0.5) is 4.39 Å². The third-order valence-electron chi connectivity index (χ3n) is 2.40. The second-order valence-corrected chi connectivity index (χ2v) is 3.45. The monoisotopic (exact) mass is 229 g/mol. The number of ether oxygens (including phenoxy) is 2. The summed E-state index contributed by atoms with van der Waals surface area (Å²) in [5, 5.41) is 19.3. The van der Waals surface area contributed by atoms with Crippen LogP contribution in [0.1, 0.15) is 18.1 Å². The van der Waals surface area contributed by atoms with E-state index in [9.17, 15) is 14.6 Å². The molecule has 1 aromatic carbocycles. The third kappa shape index (κ3) is 1.66. The number of aliphatic hydroxyl groups is 1. The molecule has 1 aromatic rings. The Balaban J connectivity index is 2.49. The van der Waals surface area contributed by atoms with Gasteiger partial charge < -0.3 is 25.4 Å². The predicted octanol–water partition coefficient (Wildman–Crippen LogP) is 0.642. The summed E-state index contributed by atoms with van der Waals surface area (Å²) in [4.78, 5) is 0. The zero-order chi connectivity index (χ0) is 11.7. The average molecular weight is 229 g/mol. The summed E-state index contributed by atoms with van der Waals surface area (Å²) in [5.41, 5.74) is 5.29. The molecule has 1 heterocycles. The lowest BCUT2D eigenvalue weighted by Gasteiger charge is -2.14. The normalized spacial score (nSPS) is 15.2. The molecule has 1 aliphatic rings. The summed E-state index contributed by atoms with van der Waals surface area (Å²) < 4.78 is 23.4. The first kappa shape index (κ1) is 11.0. The lowest BCUT2D eigenvalue weighted by Crippen LogP contribution is -2.08. The van der Waals surface area contributed by atoms with E-state index in [1.165, 1.54) is 0 Å². The lowest BCUT2D eigenvalue weighted by atomic mass is 10.0. The molecule has 4 N–H and O–H groups in total.